The van der Waals surface area contributed by atoms with E-state index < -0.39 is 6.29 Å². The lowest BCUT2D eigenvalue weighted by Gasteiger charge is -2.29. The Morgan fingerprint density at radius 1 is 0.971 bits per heavy atom. The number of para-hydroxylation sites is 1. The maximum absolute atomic E-state index is 10.5. The first kappa shape index (κ1) is 21.9. The van der Waals surface area contributed by atoms with Gasteiger partial charge in [-0.05, 0) is 42.0 Å². The number of rotatable bonds is 7. The number of ether oxygens (including phenoxy) is 3. The van der Waals surface area contributed by atoms with Crippen molar-refractivity contribution in [2.75, 3.05) is 13.7 Å². The van der Waals surface area contributed by atoms with Crippen molar-refractivity contribution in [3.63, 3.8) is 0 Å². The lowest BCUT2D eigenvalue weighted by atomic mass is 9.84. The van der Waals surface area contributed by atoms with Gasteiger partial charge in [-0.15, -0.1) is 0 Å². The molecule has 4 aromatic rings. The van der Waals surface area contributed by atoms with Crippen molar-refractivity contribution in [3.05, 3.63) is 96.1 Å². The molecular weight excluding hydrogens is 428 g/mol. The third-order valence-electron chi connectivity index (χ3n) is 6.23. The number of hydrogen-bond donors (Lipinski definition) is 3. The predicted octanol–water partition coefficient (Wildman–Crippen LogP) is 5.35. The number of aromatic nitrogens is 1. The third-order valence-corrected chi connectivity index (χ3v) is 6.23. The molecule has 0 saturated carbocycles. The van der Waals surface area contributed by atoms with E-state index in [9.17, 15) is 5.11 Å². The molecule has 0 saturated heterocycles. The second kappa shape index (κ2) is 8.80. The number of aromatic amines is 1. The van der Waals surface area contributed by atoms with E-state index in [0.717, 1.165) is 27.6 Å². The van der Waals surface area contributed by atoms with E-state index in [1.54, 1.807) is 13.2 Å². The molecule has 1 aliphatic heterocycles. The van der Waals surface area contributed by atoms with Gasteiger partial charge in [-0.2, -0.15) is 0 Å². The second-order valence-corrected chi connectivity index (χ2v) is 9.02. The van der Waals surface area contributed by atoms with Gasteiger partial charge in [-0.1, -0.05) is 44.2 Å². The zero-order chi connectivity index (χ0) is 23.7. The highest BCUT2D eigenvalue weighted by Gasteiger charge is 2.26. The molecule has 1 aliphatic rings. The quantitative estimate of drug-likeness (QED) is 0.350. The minimum absolute atomic E-state index is 0.176. The van der Waals surface area contributed by atoms with Crippen molar-refractivity contribution in [1.82, 2.24) is 10.3 Å². The number of fused-ring (bicyclic) bond motifs is 3. The molecule has 0 amide bonds. The number of hydrogen-bond acceptors (Lipinski definition) is 5. The highest BCUT2D eigenvalue weighted by Crippen LogP contribution is 2.31. The lowest BCUT2D eigenvalue weighted by molar-refractivity contribution is -0.0487. The molecule has 3 N–H and O–H groups in total. The molecule has 2 heterocycles. The number of methoxy groups -OCH3 is 1. The standard InChI is InChI=1S/C28H28N2O4/c1-28(2,18-8-10-19(32-3)11-9-18)17-29-24-14-15-33-27(31)26(24)34-20-12-13-22-21-6-4-5-7-23(21)30-25(22)16-20/h4-16,27,29-31H,17H2,1-3H3. The molecule has 0 fully saturated rings. The summed E-state index contributed by atoms with van der Waals surface area (Å²) in [6.07, 6.45) is 2.05. The Bertz CT molecular complexity index is 1380. The number of benzene rings is 3. The van der Waals surface area contributed by atoms with E-state index in [4.69, 9.17) is 14.2 Å². The van der Waals surface area contributed by atoms with Crippen molar-refractivity contribution < 1.29 is 19.3 Å². The van der Waals surface area contributed by atoms with E-state index >= 15 is 0 Å². The van der Waals surface area contributed by atoms with Crippen molar-refractivity contribution in [2.24, 2.45) is 0 Å². The fourth-order valence-corrected chi connectivity index (χ4v) is 4.19. The molecule has 6 heteroatoms. The Balaban J connectivity index is 1.39. The fourth-order valence-electron chi connectivity index (χ4n) is 4.19. The Kier molecular flexibility index (Phi) is 5.67. The van der Waals surface area contributed by atoms with Gasteiger partial charge in [0.05, 0.1) is 24.6 Å². The molecule has 1 atom stereocenters. The molecule has 0 aliphatic carbocycles. The third kappa shape index (κ3) is 4.20. The molecule has 0 spiro atoms. The smallest absolute Gasteiger partial charge is 0.258 e. The molecular formula is C28H28N2O4. The van der Waals surface area contributed by atoms with Crippen LogP contribution in [0.25, 0.3) is 21.8 Å². The zero-order valence-corrected chi connectivity index (χ0v) is 19.5. The maximum Gasteiger partial charge on any atom is 0.258 e. The van der Waals surface area contributed by atoms with E-state index in [2.05, 4.69) is 48.4 Å². The van der Waals surface area contributed by atoms with Crippen LogP contribution in [0.2, 0.25) is 0 Å². The van der Waals surface area contributed by atoms with Gasteiger partial charge in [0.2, 0.25) is 0 Å². The van der Waals surface area contributed by atoms with Crippen LogP contribution in [0.15, 0.2) is 90.5 Å². The number of aliphatic hydroxyl groups excluding tert-OH is 1. The van der Waals surface area contributed by atoms with Crippen LogP contribution >= 0.6 is 0 Å². The van der Waals surface area contributed by atoms with Crippen LogP contribution < -0.4 is 14.8 Å². The Labute approximate surface area is 198 Å². The van der Waals surface area contributed by atoms with Gasteiger partial charge < -0.3 is 29.6 Å². The predicted molar refractivity (Wildman–Crippen MR) is 134 cm³/mol. The number of allylic oxidation sites excluding steroid dienone is 1. The van der Waals surface area contributed by atoms with Crippen LogP contribution in [0, 0.1) is 0 Å². The topological polar surface area (TPSA) is 75.7 Å². The zero-order valence-electron chi connectivity index (χ0n) is 19.5. The molecule has 3 aromatic carbocycles. The lowest BCUT2D eigenvalue weighted by Crippen LogP contribution is -2.35. The summed E-state index contributed by atoms with van der Waals surface area (Å²) in [5.41, 5.74) is 3.71. The van der Waals surface area contributed by atoms with Gasteiger partial charge in [-0.3, -0.25) is 0 Å². The Morgan fingerprint density at radius 2 is 1.71 bits per heavy atom. The molecule has 174 valence electrons. The summed E-state index contributed by atoms with van der Waals surface area (Å²) < 4.78 is 16.7. The number of nitrogens with one attached hydrogen (secondary N) is 2. The van der Waals surface area contributed by atoms with E-state index in [1.165, 1.54) is 11.8 Å². The number of H-pyrrole nitrogens is 1. The molecule has 34 heavy (non-hydrogen) atoms. The molecule has 0 bridgehead atoms. The monoisotopic (exact) mass is 456 g/mol. The van der Waals surface area contributed by atoms with Gasteiger partial charge in [0.25, 0.3) is 6.29 Å². The summed E-state index contributed by atoms with van der Waals surface area (Å²) in [6.45, 7) is 4.94. The first-order chi connectivity index (χ1) is 16.4. The van der Waals surface area contributed by atoms with Gasteiger partial charge in [-0.25, -0.2) is 0 Å². The van der Waals surface area contributed by atoms with E-state index in [0.29, 0.717) is 23.8 Å². The van der Waals surface area contributed by atoms with Crippen molar-refractivity contribution in [2.45, 2.75) is 25.6 Å². The van der Waals surface area contributed by atoms with Crippen LogP contribution in [0.1, 0.15) is 19.4 Å². The van der Waals surface area contributed by atoms with Gasteiger partial charge >= 0.3 is 0 Å². The van der Waals surface area contributed by atoms with Crippen LogP contribution in [0.4, 0.5) is 0 Å². The van der Waals surface area contributed by atoms with Gasteiger partial charge in [0.15, 0.2) is 5.76 Å². The normalized spacial score (nSPS) is 16.1. The largest absolute Gasteiger partial charge is 0.497 e. The molecule has 1 unspecified atom stereocenters. The first-order valence-corrected chi connectivity index (χ1v) is 11.3. The fraction of sp³-hybridized carbons (Fsp3) is 0.214. The molecule has 5 rings (SSSR count). The van der Waals surface area contributed by atoms with E-state index in [1.807, 2.05) is 42.5 Å². The van der Waals surface area contributed by atoms with Crippen LogP contribution in [-0.4, -0.2) is 30.0 Å². The summed E-state index contributed by atoms with van der Waals surface area (Å²) in [6, 6.07) is 22.1. The number of aliphatic hydroxyl groups is 1. The molecule has 6 nitrogen and oxygen atoms in total. The minimum atomic E-state index is -1.20. The van der Waals surface area contributed by atoms with Gasteiger partial charge in [0.1, 0.15) is 11.5 Å². The summed E-state index contributed by atoms with van der Waals surface area (Å²) in [5.74, 6) is 1.76. The minimum Gasteiger partial charge on any atom is -0.497 e. The Hall–Kier alpha value is -3.90. The summed E-state index contributed by atoms with van der Waals surface area (Å²) >= 11 is 0. The van der Waals surface area contributed by atoms with Crippen LogP contribution in [0.3, 0.4) is 0 Å². The van der Waals surface area contributed by atoms with E-state index in [-0.39, 0.29) is 5.41 Å². The average molecular weight is 457 g/mol. The molecule has 0 radical (unpaired) electrons. The van der Waals surface area contributed by atoms with Crippen molar-refractivity contribution >= 4 is 21.8 Å². The van der Waals surface area contributed by atoms with Crippen molar-refractivity contribution in [3.8, 4) is 11.5 Å². The van der Waals surface area contributed by atoms with Crippen LogP contribution in [-0.2, 0) is 10.2 Å². The SMILES string of the molecule is COc1ccc(C(C)(C)CNC2=C(Oc3ccc4c(c3)[nH]c3ccccc34)C(O)OC=C2)cc1. The first-order valence-electron chi connectivity index (χ1n) is 11.3. The Morgan fingerprint density at radius 3 is 2.50 bits per heavy atom. The van der Waals surface area contributed by atoms with Gasteiger partial charge in [0, 0.05) is 34.3 Å². The highest BCUT2D eigenvalue weighted by atomic mass is 16.6. The van der Waals surface area contributed by atoms with Crippen LogP contribution in [0.5, 0.6) is 11.5 Å². The average Bonchev–Trinajstić information content (AvgIpc) is 3.22. The second-order valence-electron chi connectivity index (χ2n) is 9.02. The highest BCUT2D eigenvalue weighted by molar-refractivity contribution is 6.07. The summed E-state index contributed by atoms with van der Waals surface area (Å²) in [7, 11) is 1.66. The maximum atomic E-state index is 10.5. The van der Waals surface area contributed by atoms with Crippen molar-refractivity contribution in [1.29, 1.82) is 0 Å². The summed E-state index contributed by atoms with van der Waals surface area (Å²) in [5, 5.41) is 16.2. The molecule has 1 aromatic heterocycles. The summed E-state index contributed by atoms with van der Waals surface area (Å²) in [4.78, 5) is 3.42.